The fourth-order valence-electron chi connectivity index (χ4n) is 1.72. The van der Waals surface area contributed by atoms with Gasteiger partial charge in [-0.3, -0.25) is 0 Å². The van der Waals surface area contributed by atoms with Crippen molar-refractivity contribution < 1.29 is 4.74 Å². The van der Waals surface area contributed by atoms with Crippen molar-refractivity contribution >= 4 is 5.95 Å². The summed E-state index contributed by atoms with van der Waals surface area (Å²) < 4.78 is 5.37. The first-order valence-electron chi connectivity index (χ1n) is 7.69. The second-order valence-corrected chi connectivity index (χ2v) is 3.92. The summed E-state index contributed by atoms with van der Waals surface area (Å²) >= 11 is 0. The maximum Gasteiger partial charge on any atom is 0.228 e. The molecule has 0 saturated carbocycles. The minimum absolute atomic E-state index is 0.638. The number of anilines is 1. The molecule has 0 amide bonds. The van der Waals surface area contributed by atoms with Crippen molar-refractivity contribution in [1.29, 1.82) is 0 Å². The molecule has 0 atom stereocenters. The number of rotatable bonds is 3. The van der Waals surface area contributed by atoms with Crippen LogP contribution in [0, 0.1) is 0 Å². The molecular weight excluding hydrogens is 252 g/mol. The molecule has 1 aliphatic heterocycles. The summed E-state index contributed by atoms with van der Waals surface area (Å²) in [5.41, 5.74) is 0. The zero-order chi connectivity index (χ0) is 15.4. The number of hydrogen-bond acceptors (Lipinski definition) is 5. The standard InChI is InChI=1S/C11H18N4O.2C2H6/c1-3-16-10-4-5-12-11(13-10)15-8-6-14(2)7-9-15;2*1-2/h4-5H,3,6-9H2,1-2H3;2*1-2H3. The van der Waals surface area contributed by atoms with Gasteiger partial charge in [0.25, 0.3) is 0 Å². The molecule has 2 heterocycles. The summed E-state index contributed by atoms with van der Waals surface area (Å²) in [6.07, 6.45) is 1.76. The minimum atomic E-state index is 0.638. The van der Waals surface area contributed by atoms with Gasteiger partial charge < -0.3 is 14.5 Å². The van der Waals surface area contributed by atoms with Gasteiger partial charge in [0, 0.05) is 38.4 Å². The van der Waals surface area contributed by atoms with E-state index in [1.807, 2.05) is 34.6 Å². The smallest absolute Gasteiger partial charge is 0.228 e. The Kier molecular flexibility index (Phi) is 10.7. The average molecular weight is 282 g/mol. The molecule has 20 heavy (non-hydrogen) atoms. The van der Waals surface area contributed by atoms with Crippen molar-refractivity contribution in [3.05, 3.63) is 12.3 Å². The molecule has 1 aromatic heterocycles. The zero-order valence-corrected chi connectivity index (χ0v) is 13.9. The maximum atomic E-state index is 5.37. The first kappa shape index (κ1) is 18.6. The van der Waals surface area contributed by atoms with Gasteiger partial charge >= 0.3 is 0 Å². The third kappa shape index (κ3) is 6.19. The molecule has 2 rings (SSSR count). The molecule has 5 nitrogen and oxygen atoms in total. The lowest BCUT2D eigenvalue weighted by atomic mass is 10.3. The van der Waals surface area contributed by atoms with E-state index in [-0.39, 0.29) is 0 Å². The van der Waals surface area contributed by atoms with Crippen LogP contribution in [0.5, 0.6) is 5.88 Å². The van der Waals surface area contributed by atoms with E-state index in [0.29, 0.717) is 12.5 Å². The first-order chi connectivity index (χ1) is 9.79. The molecule has 0 radical (unpaired) electrons. The van der Waals surface area contributed by atoms with Crippen molar-refractivity contribution in [3.63, 3.8) is 0 Å². The van der Waals surface area contributed by atoms with Crippen LogP contribution in [0.2, 0.25) is 0 Å². The molecule has 0 bridgehead atoms. The minimum Gasteiger partial charge on any atom is -0.478 e. The van der Waals surface area contributed by atoms with Gasteiger partial charge in [0.2, 0.25) is 11.8 Å². The Morgan fingerprint density at radius 1 is 1.10 bits per heavy atom. The molecule has 116 valence electrons. The Morgan fingerprint density at radius 3 is 2.25 bits per heavy atom. The highest BCUT2D eigenvalue weighted by Crippen LogP contribution is 2.14. The molecular formula is C15H30N4O. The third-order valence-electron chi connectivity index (χ3n) is 2.70. The van der Waals surface area contributed by atoms with Gasteiger partial charge in [0.1, 0.15) is 0 Å². The molecule has 1 aliphatic rings. The predicted octanol–water partition coefficient (Wildman–Crippen LogP) is 2.68. The summed E-state index contributed by atoms with van der Waals surface area (Å²) in [5, 5.41) is 0. The molecule has 1 saturated heterocycles. The van der Waals surface area contributed by atoms with Gasteiger partial charge in [0.15, 0.2) is 0 Å². The van der Waals surface area contributed by atoms with Crippen LogP contribution in [0.25, 0.3) is 0 Å². The summed E-state index contributed by atoms with van der Waals surface area (Å²) in [4.78, 5) is 13.2. The fourth-order valence-corrected chi connectivity index (χ4v) is 1.72. The number of nitrogens with zero attached hydrogens (tertiary/aromatic N) is 4. The second-order valence-electron chi connectivity index (χ2n) is 3.92. The molecule has 5 heteroatoms. The van der Waals surface area contributed by atoms with Crippen molar-refractivity contribution in [2.24, 2.45) is 0 Å². The van der Waals surface area contributed by atoms with Crippen LogP contribution in [0.4, 0.5) is 5.95 Å². The van der Waals surface area contributed by atoms with Crippen LogP contribution in [0.3, 0.4) is 0 Å². The van der Waals surface area contributed by atoms with Gasteiger partial charge in [-0.1, -0.05) is 27.7 Å². The van der Waals surface area contributed by atoms with E-state index in [1.54, 1.807) is 12.3 Å². The molecule has 0 spiro atoms. The predicted molar refractivity (Wildman–Crippen MR) is 85.6 cm³/mol. The van der Waals surface area contributed by atoms with Gasteiger partial charge in [-0.15, -0.1) is 0 Å². The Labute approximate surface area is 124 Å². The lowest BCUT2D eigenvalue weighted by molar-refractivity contribution is 0.307. The van der Waals surface area contributed by atoms with E-state index in [4.69, 9.17) is 4.74 Å². The van der Waals surface area contributed by atoms with E-state index >= 15 is 0 Å². The summed E-state index contributed by atoms with van der Waals surface area (Å²) in [6.45, 7) is 14.7. The number of hydrogen-bond donors (Lipinski definition) is 0. The zero-order valence-electron chi connectivity index (χ0n) is 13.9. The molecule has 1 aromatic rings. The summed E-state index contributed by atoms with van der Waals surface area (Å²) in [7, 11) is 2.13. The first-order valence-corrected chi connectivity index (χ1v) is 7.69. The highest BCUT2D eigenvalue weighted by molar-refractivity contribution is 5.32. The molecule has 1 fully saturated rings. The van der Waals surface area contributed by atoms with Crippen LogP contribution in [-0.2, 0) is 0 Å². The summed E-state index contributed by atoms with van der Waals surface area (Å²) in [6, 6.07) is 1.79. The van der Waals surface area contributed by atoms with E-state index in [0.717, 1.165) is 32.1 Å². The Hall–Kier alpha value is -1.36. The normalized spacial score (nSPS) is 14.6. The van der Waals surface area contributed by atoms with Crippen LogP contribution >= 0.6 is 0 Å². The third-order valence-corrected chi connectivity index (χ3v) is 2.70. The lowest BCUT2D eigenvalue weighted by Crippen LogP contribution is -2.45. The number of piperazine rings is 1. The monoisotopic (exact) mass is 282 g/mol. The second kappa shape index (κ2) is 11.5. The molecule has 0 aromatic carbocycles. The topological polar surface area (TPSA) is 41.5 Å². The summed E-state index contributed by atoms with van der Waals surface area (Å²) in [5.74, 6) is 1.44. The van der Waals surface area contributed by atoms with Crippen molar-refractivity contribution in [1.82, 2.24) is 14.9 Å². The fraction of sp³-hybridized carbons (Fsp3) is 0.733. The van der Waals surface area contributed by atoms with Gasteiger partial charge in [-0.2, -0.15) is 4.98 Å². The maximum absolute atomic E-state index is 5.37. The highest BCUT2D eigenvalue weighted by Gasteiger charge is 2.16. The average Bonchev–Trinajstić information content (AvgIpc) is 2.53. The number of ether oxygens (including phenoxy) is 1. The number of aromatic nitrogens is 2. The lowest BCUT2D eigenvalue weighted by Gasteiger charge is -2.32. The van der Waals surface area contributed by atoms with Crippen LogP contribution in [-0.4, -0.2) is 54.7 Å². The molecule has 0 aliphatic carbocycles. The highest BCUT2D eigenvalue weighted by atomic mass is 16.5. The van der Waals surface area contributed by atoms with Gasteiger partial charge in [0.05, 0.1) is 6.61 Å². The van der Waals surface area contributed by atoms with Crippen molar-refractivity contribution in [3.8, 4) is 5.88 Å². The quantitative estimate of drug-likeness (QED) is 0.852. The Morgan fingerprint density at radius 2 is 1.70 bits per heavy atom. The van der Waals surface area contributed by atoms with E-state index < -0.39 is 0 Å². The van der Waals surface area contributed by atoms with Crippen molar-refractivity contribution in [2.45, 2.75) is 34.6 Å². The van der Waals surface area contributed by atoms with Crippen molar-refractivity contribution in [2.75, 3.05) is 44.7 Å². The molecule has 0 unspecified atom stereocenters. The number of likely N-dealkylation sites (N-methyl/N-ethyl adjacent to an activating group) is 1. The van der Waals surface area contributed by atoms with E-state index in [2.05, 4.69) is 26.8 Å². The largest absolute Gasteiger partial charge is 0.478 e. The van der Waals surface area contributed by atoms with Crippen LogP contribution in [0.15, 0.2) is 12.3 Å². The molecule has 0 N–H and O–H groups in total. The van der Waals surface area contributed by atoms with Crippen LogP contribution < -0.4 is 9.64 Å². The Balaban J connectivity index is 0.000000829. The van der Waals surface area contributed by atoms with E-state index in [1.165, 1.54) is 0 Å². The van der Waals surface area contributed by atoms with E-state index in [9.17, 15) is 0 Å². The van der Waals surface area contributed by atoms with Crippen LogP contribution in [0.1, 0.15) is 34.6 Å². The van der Waals surface area contributed by atoms with Gasteiger partial charge in [-0.25, -0.2) is 4.98 Å². The van der Waals surface area contributed by atoms with Gasteiger partial charge in [-0.05, 0) is 14.0 Å². The Bertz CT molecular complexity index is 338. The SMILES string of the molecule is CC.CC.CCOc1ccnc(N2CCN(C)CC2)n1.